The highest BCUT2D eigenvalue weighted by atomic mass is 19.1. The van der Waals surface area contributed by atoms with E-state index in [0.29, 0.717) is 35.6 Å². The molecule has 0 saturated carbocycles. The monoisotopic (exact) mass is 392 g/mol. The predicted octanol–water partition coefficient (Wildman–Crippen LogP) is 3.90. The molecule has 29 heavy (non-hydrogen) atoms. The Morgan fingerprint density at radius 3 is 2.52 bits per heavy atom. The highest BCUT2D eigenvalue weighted by Crippen LogP contribution is 2.19. The fraction of sp³-hybridized carbons (Fsp3) is 0.136. The van der Waals surface area contributed by atoms with Crippen molar-refractivity contribution >= 4 is 29.0 Å². The minimum atomic E-state index is -0.276. The number of carbonyl (C=O) groups is 2. The first-order valence-electron chi connectivity index (χ1n) is 9.13. The highest BCUT2D eigenvalue weighted by molar-refractivity contribution is 5.94. The number of rotatable bonds is 7. The Hall–Kier alpha value is -3.74. The molecule has 3 N–H and O–H groups in total. The second kappa shape index (κ2) is 9.45. The lowest BCUT2D eigenvalue weighted by atomic mass is 10.1. The summed E-state index contributed by atoms with van der Waals surface area (Å²) in [5, 5.41) is 8.60. The number of hydrogen-bond donors (Lipinski definition) is 3. The summed E-state index contributed by atoms with van der Waals surface area (Å²) in [7, 11) is 0. The van der Waals surface area contributed by atoms with E-state index in [4.69, 9.17) is 0 Å². The summed E-state index contributed by atoms with van der Waals surface area (Å²) in [6.45, 7) is 1.78. The van der Waals surface area contributed by atoms with Crippen LogP contribution in [0.4, 0.5) is 21.6 Å². The normalized spacial score (nSPS) is 10.3. The van der Waals surface area contributed by atoms with Gasteiger partial charge >= 0.3 is 0 Å². The van der Waals surface area contributed by atoms with E-state index in [1.54, 1.807) is 42.5 Å². The molecule has 7 heteroatoms. The molecule has 0 fully saturated rings. The van der Waals surface area contributed by atoms with Crippen LogP contribution in [-0.2, 0) is 11.2 Å². The number of pyridine rings is 1. The van der Waals surface area contributed by atoms with Gasteiger partial charge in [0.1, 0.15) is 11.6 Å². The number of aromatic nitrogens is 1. The molecule has 0 atom stereocenters. The molecule has 1 heterocycles. The van der Waals surface area contributed by atoms with E-state index < -0.39 is 0 Å². The van der Waals surface area contributed by atoms with E-state index in [2.05, 4.69) is 20.9 Å². The first-order valence-corrected chi connectivity index (χ1v) is 9.13. The summed E-state index contributed by atoms with van der Waals surface area (Å²) < 4.78 is 13.6. The van der Waals surface area contributed by atoms with Gasteiger partial charge in [0.2, 0.25) is 5.91 Å². The molecule has 0 aliphatic carbocycles. The van der Waals surface area contributed by atoms with E-state index in [1.807, 2.05) is 12.1 Å². The van der Waals surface area contributed by atoms with Crippen molar-refractivity contribution in [2.24, 2.45) is 0 Å². The summed E-state index contributed by atoms with van der Waals surface area (Å²) in [6, 6.07) is 17.1. The lowest BCUT2D eigenvalue weighted by Crippen LogP contribution is -2.26. The van der Waals surface area contributed by atoms with Crippen molar-refractivity contribution in [2.45, 2.75) is 13.3 Å². The van der Waals surface area contributed by atoms with Gasteiger partial charge in [-0.15, -0.1) is 0 Å². The van der Waals surface area contributed by atoms with E-state index in [9.17, 15) is 14.0 Å². The first kappa shape index (κ1) is 20.0. The summed E-state index contributed by atoms with van der Waals surface area (Å²) in [4.78, 5) is 27.6. The molecule has 148 valence electrons. The minimum absolute atomic E-state index is 0.148. The maximum atomic E-state index is 13.6. The number of anilines is 3. The lowest BCUT2D eigenvalue weighted by molar-refractivity contribution is -0.114. The van der Waals surface area contributed by atoms with Crippen molar-refractivity contribution in [3.05, 3.63) is 83.8 Å². The number of halogens is 1. The van der Waals surface area contributed by atoms with Gasteiger partial charge in [-0.1, -0.05) is 24.3 Å². The fourth-order valence-corrected chi connectivity index (χ4v) is 2.74. The summed E-state index contributed by atoms with van der Waals surface area (Å²) in [5.74, 6) is -0.131. The van der Waals surface area contributed by atoms with E-state index >= 15 is 0 Å². The van der Waals surface area contributed by atoms with Gasteiger partial charge in [-0.2, -0.15) is 0 Å². The maximum absolute atomic E-state index is 13.6. The Morgan fingerprint density at radius 2 is 1.79 bits per heavy atom. The molecule has 2 aromatic carbocycles. The molecule has 3 aromatic rings. The Bertz CT molecular complexity index is 1010. The van der Waals surface area contributed by atoms with Gasteiger partial charge in [-0.25, -0.2) is 9.37 Å². The third kappa shape index (κ3) is 5.87. The van der Waals surface area contributed by atoms with Crippen molar-refractivity contribution in [2.75, 3.05) is 17.2 Å². The molecule has 0 saturated heterocycles. The zero-order valence-electron chi connectivity index (χ0n) is 15.9. The number of nitrogens with one attached hydrogen (secondary N) is 3. The molecule has 0 spiro atoms. The largest absolute Gasteiger partial charge is 0.352 e. The molecule has 3 rings (SSSR count). The Balaban J connectivity index is 1.55. The van der Waals surface area contributed by atoms with Gasteiger partial charge in [0, 0.05) is 31.0 Å². The number of nitrogens with zero attached hydrogens (tertiary/aromatic N) is 1. The topological polar surface area (TPSA) is 83.1 Å². The molecule has 0 radical (unpaired) electrons. The molecule has 1 aromatic heterocycles. The van der Waals surface area contributed by atoms with Crippen LogP contribution in [0.1, 0.15) is 22.8 Å². The molecular weight excluding hydrogens is 371 g/mol. The number of hydrogen-bond acceptors (Lipinski definition) is 4. The fourth-order valence-electron chi connectivity index (χ4n) is 2.74. The van der Waals surface area contributed by atoms with Crippen molar-refractivity contribution in [1.82, 2.24) is 10.3 Å². The van der Waals surface area contributed by atoms with Gasteiger partial charge in [0.25, 0.3) is 5.91 Å². The van der Waals surface area contributed by atoms with Crippen LogP contribution in [0, 0.1) is 5.82 Å². The third-order valence-corrected chi connectivity index (χ3v) is 4.12. The van der Waals surface area contributed by atoms with Crippen LogP contribution < -0.4 is 16.0 Å². The second-order valence-corrected chi connectivity index (χ2v) is 6.42. The Labute approximate surface area is 168 Å². The summed E-state index contributed by atoms with van der Waals surface area (Å²) in [5.41, 5.74) is 2.40. The van der Waals surface area contributed by atoms with Gasteiger partial charge in [-0.3, -0.25) is 9.59 Å². The van der Waals surface area contributed by atoms with E-state index in [1.165, 1.54) is 19.2 Å². The molecule has 0 aliphatic heterocycles. The molecule has 2 amide bonds. The van der Waals surface area contributed by atoms with Crippen LogP contribution in [0.2, 0.25) is 0 Å². The third-order valence-electron chi connectivity index (χ3n) is 4.12. The number of carbonyl (C=O) groups excluding carboxylic acids is 2. The summed E-state index contributed by atoms with van der Waals surface area (Å²) >= 11 is 0. The van der Waals surface area contributed by atoms with Gasteiger partial charge < -0.3 is 16.0 Å². The average Bonchev–Trinajstić information content (AvgIpc) is 2.70. The SMILES string of the molecule is CC(=O)Nc1cccc(Nc2ccc(C(=O)NCCc3ccccc3F)cn2)c1. The Morgan fingerprint density at radius 1 is 1.00 bits per heavy atom. The molecule has 0 bridgehead atoms. The first-order chi connectivity index (χ1) is 14.0. The van der Waals surface area contributed by atoms with Crippen molar-refractivity contribution < 1.29 is 14.0 Å². The Kier molecular flexibility index (Phi) is 6.52. The predicted molar refractivity (Wildman–Crippen MR) is 111 cm³/mol. The molecular formula is C22H21FN4O2. The van der Waals surface area contributed by atoms with Crippen LogP contribution in [-0.4, -0.2) is 23.3 Å². The smallest absolute Gasteiger partial charge is 0.252 e. The van der Waals surface area contributed by atoms with Crippen molar-refractivity contribution in [1.29, 1.82) is 0 Å². The van der Waals surface area contributed by atoms with Crippen molar-refractivity contribution in [3.8, 4) is 0 Å². The average molecular weight is 392 g/mol. The highest BCUT2D eigenvalue weighted by Gasteiger charge is 2.07. The van der Waals surface area contributed by atoms with Crippen LogP contribution in [0.3, 0.4) is 0 Å². The second-order valence-electron chi connectivity index (χ2n) is 6.42. The van der Waals surface area contributed by atoms with E-state index in [0.717, 1.165) is 5.69 Å². The lowest BCUT2D eigenvalue weighted by Gasteiger charge is -2.09. The number of benzene rings is 2. The maximum Gasteiger partial charge on any atom is 0.252 e. The van der Waals surface area contributed by atoms with Crippen LogP contribution in [0.5, 0.6) is 0 Å². The zero-order chi connectivity index (χ0) is 20.6. The van der Waals surface area contributed by atoms with Crippen LogP contribution in [0.25, 0.3) is 0 Å². The van der Waals surface area contributed by atoms with Gasteiger partial charge in [0.15, 0.2) is 0 Å². The molecule has 0 aliphatic rings. The minimum Gasteiger partial charge on any atom is -0.352 e. The molecule has 0 unspecified atom stereocenters. The standard InChI is InChI=1S/C22H21FN4O2/c1-15(28)26-18-6-4-7-19(13-18)27-21-10-9-17(14-25-21)22(29)24-12-11-16-5-2-3-8-20(16)23/h2-10,13-14H,11-12H2,1H3,(H,24,29)(H,25,27)(H,26,28). The number of amides is 2. The van der Waals surface area contributed by atoms with Gasteiger partial charge in [-0.05, 0) is 48.4 Å². The van der Waals surface area contributed by atoms with Gasteiger partial charge in [0.05, 0.1) is 5.56 Å². The zero-order valence-corrected chi connectivity index (χ0v) is 15.9. The quantitative estimate of drug-likeness (QED) is 0.570. The van der Waals surface area contributed by atoms with Crippen molar-refractivity contribution in [3.63, 3.8) is 0 Å². The molecule has 6 nitrogen and oxygen atoms in total. The van der Waals surface area contributed by atoms with E-state index in [-0.39, 0.29) is 17.6 Å². The van der Waals surface area contributed by atoms with Crippen LogP contribution in [0.15, 0.2) is 66.9 Å². The van der Waals surface area contributed by atoms with Crippen LogP contribution >= 0.6 is 0 Å². The summed E-state index contributed by atoms with van der Waals surface area (Å²) in [6.07, 6.45) is 1.88.